The standard InChI is InChI=1S/C15H10N4S3/c1-2-5-10(6-3-1)13-16-17-15-19(13)18-12(22-15)9-21-14(18)11-7-4-8-20-11/h1-9,14H. The quantitative estimate of drug-likeness (QED) is 0.694. The van der Waals surface area contributed by atoms with E-state index in [1.807, 2.05) is 30.0 Å². The van der Waals surface area contributed by atoms with Crippen LogP contribution in [-0.2, 0) is 0 Å². The third-order valence-electron chi connectivity index (χ3n) is 3.59. The molecule has 1 atom stereocenters. The van der Waals surface area contributed by atoms with Gasteiger partial charge in [-0.2, -0.15) is 0 Å². The van der Waals surface area contributed by atoms with Crippen LogP contribution in [0.5, 0.6) is 0 Å². The number of aromatic nitrogens is 3. The smallest absolute Gasteiger partial charge is 0.217 e. The van der Waals surface area contributed by atoms with Crippen LogP contribution in [0.2, 0.25) is 0 Å². The maximum atomic E-state index is 4.40. The summed E-state index contributed by atoms with van der Waals surface area (Å²) in [6, 6.07) is 14.5. The molecular weight excluding hydrogens is 332 g/mol. The third kappa shape index (κ3) is 1.79. The van der Waals surface area contributed by atoms with Crippen LogP contribution < -0.4 is 5.01 Å². The molecule has 0 fully saturated rings. The van der Waals surface area contributed by atoms with Crippen molar-refractivity contribution >= 4 is 34.9 Å². The first-order valence-electron chi connectivity index (χ1n) is 6.79. The molecule has 2 aliphatic heterocycles. The highest BCUT2D eigenvalue weighted by Gasteiger charge is 2.40. The average molecular weight is 342 g/mol. The fraction of sp³-hybridized carbons (Fsp3) is 0.0667. The highest BCUT2D eigenvalue weighted by molar-refractivity contribution is 8.07. The molecule has 0 bridgehead atoms. The third-order valence-corrected chi connectivity index (χ3v) is 6.83. The van der Waals surface area contributed by atoms with Gasteiger partial charge in [0.05, 0.1) is 0 Å². The van der Waals surface area contributed by atoms with Gasteiger partial charge in [-0.3, -0.25) is 5.01 Å². The maximum Gasteiger partial charge on any atom is 0.217 e. The van der Waals surface area contributed by atoms with Gasteiger partial charge in [0.15, 0.2) is 5.82 Å². The summed E-state index contributed by atoms with van der Waals surface area (Å²) in [5.74, 6) is 0.899. The molecule has 108 valence electrons. The lowest BCUT2D eigenvalue weighted by Gasteiger charge is -2.24. The van der Waals surface area contributed by atoms with Gasteiger partial charge < -0.3 is 0 Å². The number of fused-ring (bicyclic) bond motifs is 3. The van der Waals surface area contributed by atoms with E-state index < -0.39 is 0 Å². The SMILES string of the molecule is C1=C2Sc3nnc(-c4ccccc4)n3N2C(c2cccs2)S1. The van der Waals surface area contributed by atoms with Crippen LogP contribution in [0.3, 0.4) is 0 Å². The zero-order valence-corrected chi connectivity index (χ0v) is 13.7. The van der Waals surface area contributed by atoms with Gasteiger partial charge in [0.2, 0.25) is 5.16 Å². The second-order valence-electron chi connectivity index (χ2n) is 4.89. The Morgan fingerprint density at radius 3 is 2.73 bits per heavy atom. The van der Waals surface area contributed by atoms with Gasteiger partial charge in [-0.05, 0) is 23.2 Å². The topological polar surface area (TPSA) is 34.0 Å². The van der Waals surface area contributed by atoms with Crippen LogP contribution in [0.25, 0.3) is 11.4 Å². The summed E-state index contributed by atoms with van der Waals surface area (Å²) in [6.45, 7) is 0. The fourth-order valence-corrected chi connectivity index (χ4v) is 5.77. The summed E-state index contributed by atoms with van der Waals surface area (Å²) in [4.78, 5) is 1.34. The number of hydrogen-bond donors (Lipinski definition) is 0. The molecule has 5 rings (SSSR count). The van der Waals surface area contributed by atoms with Gasteiger partial charge in [-0.25, -0.2) is 4.68 Å². The molecule has 0 radical (unpaired) electrons. The van der Waals surface area contributed by atoms with Crippen LogP contribution >= 0.6 is 34.9 Å². The molecule has 3 aromatic rings. The van der Waals surface area contributed by atoms with Gasteiger partial charge in [0, 0.05) is 15.8 Å². The molecular formula is C15H10N4S3. The van der Waals surface area contributed by atoms with Crippen molar-refractivity contribution in [1.82, 2.24) is 14.9 Å². The van der Waals surface area contributed by atoms with Crippen molar-refractivity contribution in [3.63, 3.8) is 0 Å². The van der Waals surface area contributed by atoms with Gasteiger partial charge in [-0.15, -0.1) is 21.5 Å². The predicted molar refractivity (Wildman–Crippen MR) is 92.3 cm³/mol. The number of benzene rings is 1. The summed E-state index contributed by atoms with van der Waals surface area (Å²) in [7, 11) is 0. The van der Waals surface area contributed by atoms with Gasteiger partial charge in [0.25, 0.3) is 0 Å². The Bertz CT molecular complexity index is 854. The van der Waals surface area contributed by atoms with Gasteiger partial charge >= 0.3 is 0 Å². The van der Waals surface area contributed by atoms with Gasteiger partial charge in [-0.1, -0.05) is 48.2 Å². The molecule has 4 heterocycles. The lowest BCUT2D eigenvalue weighted by Crippen LogP contribution is -2.29. The minimum Gasteiger partial charge on any atom is -0.251 e. The van der Waals surface area contributed by atoms with Crippen LogP contribution in [-0.4, -0.2) is 14.9 Å². The Labute approximate surface area is 139 Å². The normalized spacial score (nSPS) is 19.2. The Kier molecular flexibility index (Phi) is 2.86. The van der Waals surface area contributed by atoms with Crippen molar-refractivity contribution in [3.05, 3.63) is 63.2 Å². The monoisotopic (exact) mass is 342 g/mol. The number of thiophene rings is 1. The van der Waals surface area contributed by atoms with E-state index in [1.165, 1.54) is 9.91 Å². The van der Waals surface area contributed by atoms with E-state index in [4.69, 9.17) is 0 Å². The molecule has 0 saturated carbocycles. The largest absolute Gasteiger partial charge is 0.251 e. The van der Waals surface area contributed by atoms with Crippen LogP contribution in [0, 0.1) is 0 Å². The number of rotatable bonds is 2. The first-order chi connectivity index (χ1) is 10.9. The molecule has 2 aromatic heterocycles. The molecule has 0 spiro atoms. The van der Waals surface area contributed by atoms with Crippen molar-refractivity contribution in [3.8, 4) is 11.4 Å². The second kappa shape index (κ2) is 4.91. The van der Waals surface area contributed by atoms with Crippen LogP contribution in [0.15, 0.2) is 63.4 Å². The molecule has 0 aliphatic carbocycles. The minimum absolute atomic E-state index is 0.266. The Balaban J connectivity index is 1.64. The Hall–Kier alpha value is -1.70. The lowest BCUT2D eigenvalue weighted by molar-refractivity contribution is 0.644. The minimum atomic E-state index is 0.266. The number of nitrogens with zero attached hydrogens (tertiary/aromatic N) is 4. The molecule has 0 saturated heterocycles. The summed E-state index contributed by atoms with van der Waals surface area (Å²) in [5.41, 5.74) is 1.09. The predicted octanol–water partition coefficient (Wildman–Crippen LogP) is 4.29. The first kappa shape index (κ1) is 12.8. The molecule has 7 heteroatoms. The molecule has 1 unspecified atom stereocenters. The summed E-state index contributed by atoms with van der Waals surface area (Å²) >= 11 is 5.31. The molecule has 2 aliphatic rings. The summed E-state index contributed by atoms with van der Waals surface area (Å²) in [6.07, 6.45) is 0. The molecule has 1 aromatic carbocycles. The second-order valence-corrected chi connectivity index (χ2v) is 7.81. The van der Waals surface area contributed by atoms with E-state index in [1.54, 1.807) is 23.1 Å². The van der Waals surface area contributed by atoms with E-state index in [9.17, 15) is 0 Å². The van der Waals surface area contributed by atoms with E-state index in [0.29, 0.717) is 0 Å². The Morgan fingerprint density at radius 1 is 1.00 bits per heavy atom. The zero-order chi connectivity index (χ0) is 14.5. The van der Waals surface area contributed by atoms with Crippen molar-refractivity contribution in [2.45, 2.75) is 10.5 Å². The molecule has 22 heavy (non-hydrogen) atoms. The summed E-state index contributed by atoms with van der Waals surface area (Å²) < 4.78 is 2.15. The van der Waals surface area contributed by atoms with Crippen LogP contribution in [0.4, 0.5) is 0 Å². The number of thioether (sulfide) groups is 2. The van der Waals surface area contributed by atoms with E-state index in [2.05, 4.69) is 54.9 Å². The zero-order valence-electron chi connectivity index (χ0n) is 11.3. The average Bonchev–Trinajstić information content (AvgIpc) is 3.29. The van der Waals surface area contributed by atoms with Crippen molar-refractivity contribution in [2.75, 3.05) is 5.01 Å². The molecule has 0 amide bonds. The van der Waals surface area contributed by atoms with Crippen molar-refractivity contribution < 1.29 is 0 Å². The van der Waals surface area contributed by atoms with Crippen LogP contribution in [0.1, 0.15) is 10.3 Å². The summed E-state index contributed by atoms with van der Waals surface area (Å²) in [5, 5.41) is 17.8. The van der Waals surface area contributed by atoms with Gasteiger partial charge in [0.1, 0.15) is 10.4 Å². The Morgan fingerprint density at radius 2 is 1.91 bits per heavy atom. The molecule has 0 N–H and O–H groups in total. The molecule has 4 nitrogen and oxygen atoms in total. The van der Waals surface area contributed by atoms with Crippen molar-refractivity contribution in [2.24, 2.45) is 0 Å². The maximum absolute atomic E-state index is 4.40. The lowest BCUT2D eigenvalue weighted by atomic mass is 10.2. The van der Waals surface area contributed by atoms with E-state index in [0.717, 1.165) is 16.5 Å². The van der Waals surface area contributed by atoms with E-state index >= 15 is 0 Å². The highest BCUT2D eigenvalue weighted by atomic mass is 32.2. The van der Waals surface area contributed by atoms with E-state index in [-0.39, 0.29) is 5.37 Å². The number of hydrogen-bond acceptors (Lipinski definition) is 6. The first-order valence-corrected chi connectivity index (χ1v) is 9.43. The fourth-order valence-electron chi connectivity index (χ4n) is 2.63. The van der Waals surface area contributed by atoms with Crippen molar-refractivity contribution in [1.29, 1.82) is 0 Å². The highest BCUT2D eigenvalue weighted by Crippen LogP contribution is 2.52.